The quantitative estimate of drug-likeness (QED) is 0.173. The van der Waals surface area contributed by atoms with E-state index in [0.29, 0.717) is 0 Å². The number of fused-ring (bicyclic) bond motifs is 14. The van der Waals surface area contributed by atoms with E-state index in [1.165, 1.54) is 94.3 Å². The first kappa shape index (κ1) is 34.2. The lowest BCUT2D eigenvalue weighted by molar-refractivity contribution is 0.284. The van der Waals surface area contributed by atoms with Crippen LogP contribution in [0.3, 0.4) is 0 Å². The lowest BCUT2D eigenvalue weighted by Gasteiger charge is -2.59. The van der Waals surface area contributed by atoms with Crippen LogP contribution in [0.15, 0.2) is 181 Å². The first-order chi connectivity index (χ1) is 28.1. The average molecular weight is 764 g/mol. The third-order valence-electron chi connectivity index (χ3n) is 14.7. The Balaban J connectivity index is 1.25. The van der Waals surface area contributed by atoms with Crippen molar-refractivity contribution in [2.75, 3.05) is 4.90 Å². The summed E-state index contributed by atoms with van der Waals surface area (Å²) in [7, 11) is 0. The molecule has 3 aliphatic carbocycles. The van der Waals surface area contributed by atoms with Gasteiger partial charge in [0.1, 0.15) is 0 Å². The average Bonchev–Trinajstić information content (AvgIpc) is 3.61. The molecule has 0 saturated heterocycles. The fourth-order valence-corrected chi connectivity index (χ4v) is 13.3. The monoisotopic (exact) mass is 763 g/mol. The van der Waals surface area contributed by atoms with E-state index in [1.807, 2.05) is 11.8 Å². The Morgan fingerprint density at radius 2 is 0.966 bits per heavy atom. The summed E-state index contributed by atoms with van der Waals surface area (Å²) >= 11 is 2.03. The maximum absolute atomic E-state index is 2.64. The normalized spacial score (nSPS) is 21.3. The molecule has 2 heteroatoms. The SMILES string of the molecule is CC1(C)c2ccccc2-c2cc3c(cc21)N(c1ccc(-c2ccccc2)cc1)c1cc2c(cc1C31c3ccccc3SC3C=CC=CC31C)-c1ccccc1C2(C)C. The van der Waals surface area contributed by atoms with Gasteiger partial charge in [-0.25, -0.2) is 0 Å². The molecule has 0 aromatic heterocycles. The second-order valence-corrected chi connectivity index (χ2v) is 19.4. The molecule has 0 radical (unpaired) electrons. The van der Waals surface area contributed by atoms with Crippen LogP contribution in [0.2, 0.25) is 0 Å². The number of anilines is 3. The minimum Gasteiger partial charge on any atom is -0.310 e. The van der Waals surface area contributed by atoms with Crippen LogP contribution >= 0.6 is 11.8 Å². The van der Waals surface area contributed by atoms with Crippen LogP contribution in [0.1, 0.15) is 73.6 Å². The summed E-state index contributed by atoms with van der Waals surface area (Å²) in [6.07, 6.45) is 9.61. The molecule has 1 nitrogen and oxygen atoms in total. The molecule has 280 valence electrons. The Morgan fingerprint density at radius 1 is 0.448 bits per heavy atom. The molecule has 0 N–H and O–H groups in total. The van der Waals surface area contributed by atoms with Crippen molar-refractivity contribution < 1.29 is 0 Å². The largest absolute Gasteiger partial charge is 0.310 e. The smallest absolute Gasteiger partial charge is 0.0605 e. The van der Waals surface area contributed by atoms with Crippen molar-refractivity contribution in [3.05, 3.63) is 215 Å². The summed E-state index contributed by atoms with van der Waals surface area (Å²) in [5.74, 6) is 0. The van der Waals surface area contributed by atoms with Crippen LogP contribution in [-0.4, -0.2) is 5.25 Å². The molecule has 7 aromatic carbocycles. The number of hydrogen-bond donors (Lipinski definition) is 0. The molecular weight excluding hydrogens is 719 g/mol. The van der Waals surface area contributed by atoms with Gasteiger partial charge < -0.3 is 4.90 Å². The van der Waals surface area contributed by atoms with Gasteiger partial charge in [-0.1, -0.05) is 168 Å². The van der Waals surface area contributed by atoms with Crippen molar-refractivity contribution in [3.8, 4) is 33.4 Å². The van der Waals surface area contributed by atoms with E-state index in [0.717, 1.165) is 0 Å². The lowest BCUT2D eigenvalue weighted by Crippen LogP contribution is -2.55. The zero-order valence-corrected chi connectivity index (χ0v) is 34.5. The van der Waals surface area contributed by atoms with Gasteiger partial charge in [-0.3, -0.25) is 0 Å². The first-order valence-corrected chi connectivity index (χ1v) is 21.7. The van der Waals surface area contributed by atoms with E-state index in [2.05, 4.69) is 215 Å². The van der Waals surface area contributed by atoms with Crippen molar-refractivity contribution in [2.45, 2.75) is 61.0 Å². The van der Waals surface area contributed by atoms with Crippen LogP contribution in [0.25, 0.3) is 33.4 Å². The minimum absolute atomic E-state index is 0.154. The van der Waals surface area contributed by atoms with Crippen LogP contribution in [0.4, 0.5) is 17.1 Å². The third-order valence-corrected chi connectivity index (χ3v) is 16.2. The highest BCUT2D eigenvalue weighted by molar-refractivity contribution is 8.00. The topological polar surface area (TPSA) is 3.24 Å². The number of allylic oxidation sites excluding steroid dienone is 3. The van der Waals surface area contributed by atoms with Gasteiger partial charge in [-0.2, -0.15) is 0 Å². The number of thioether (sulfide) groups is 1. The summed E-state index contributed by atoms with van der Waals surface area (Å²) in [4.78, 5) is 4.00. The van der Waals surface area contributed by atoms with E-state index in [-0.39, 0.29) is 21.5 Å². The van der Waals surface area contributed by atoms with Gasteiger partial charge in [-0.05, 0) is 115 Å². The predicted molar refractivity (Wildman–Crippen MR) is 244 cm³/mol. The summed E-state index contributed by atoms with van der Waals surface area (Å²) in [6.45, 7) is 12.2. The van der Waals surface area contributed by atoms with Crippen molar-refractivity contribution in [3.63, 3.8) is 0 Å². The van der Waals surface area contributed by atoms with E-state index in [4.69, 9.17) is 0 Å². The third kappa shape index (κ3) is 4.19. The zero-order valence-electron chi connectivity index (χ0n) is 33.7. The van der Waals surface area contributed by atoms with E-state index < -0.39 is 5.41 Å². The minimum atomic E-state index is -0.515. The van der Waals surface area contributed by atoms with Crippen molar-refractivity contribution in [2.24, 2.45) is 5.41 Å². The summed E-state index contributed by atoms with van der Waals surface area (Å²) in [5.41, 5.74) is 20.3. The highest BCUT2D eigenvalue weighted by Crippen LogP contribution is 2.71. The highest BCUT2D eigenvalue weighted by Gasteiger charge is 2.62. The highest BCUT2D eigenvalue weighted by atomic mass is 32.2. The van der Waals surface area contributed by atoms with Gasteiger partial charge in [0.25, 0.3) is 0 Å². The van der Waals surface area contributed by atoms with Crippen molar-refractivity contribution in [1.82, 2.24) is 0 Å². The summed E-state index contributed by atoms with van der Waals surface area (Å²) < 4.78 is 0. The fourth-order valence-electron chi connectivity index (χ4n) is 11.8. The molecule has 0 fully saturated rings. The molecule has 58 heavy (non-hydrogen) atoms. The Kier molecular flexibility index (Phi) is 6.87. The molecule has 2 heterocycles. The van der Waals surface area contributed by atoms with Crippen molar-refractivity contribution in [1.29, 1.82) is 0 Å². The molecule has 12 rings (SSSR count). The number of hydrogen-bond acceptors (Lipinski definition) is 2. The molecule has 0 saturated carbocycles. The Hall–Kier alpha value is -5.83. The Labute approximate surface area is 346 Å². The predicted octanol–water partition coefficient (Wildman–Crippen LogP) is 14.7. The molecule has 7 aromatic rings. The van der Waals surface area contributed by atoms with Gasteiger partial charge in [0.2, 0.25) is 0 Å². The van der Waals surface area contributed by atoms with Gasteiger partial charge in [-0.15, -0.1) is 11.8 Å². The second-order valence-electron chi connectivity index (χ2n) is 18.2. The van der Waals surface area contributed by atoms with Crippen LogP contribution in [0.5, 0.6) is 0 Å². The van der Waals surface area contributed by atoms with E-state index >= 15 is 0 Å². The number of benzene rings is 7. The molecule has 0 bridgehead atoms. The Bertz CT molecular complexity index is 2830. The number of rotatable bonds is 2. The first-order valence-electron chi connectivity index (χ1n) is 20.8. The molecular formula is C56H45NS. The van der Waals surface area contributed by atoms with Crippen LogP contribution < -0.4 is 4.90 Å². The summed E-state index contributed by atoms with van der Waals surface area (Å²) in [5, 5.41) is 0.235. The maximum atomic E-state index is 2.64. The van der Waals surface area contributed by atoms with Gasteiger partial charge >= 0.3 is 0 Å². The van der Waals surface area contributed by atoms with Crippen LogP contribution in [-0.2, 0) is 16.2 Å². The molecule has 2 atom stereocenters. The Morgan fingerprint density at radius 3 is 1.57 bits per heavy atom. The standard InChI is InChI=1S/C56H45NS/c1-53(2)42-21-11-9-19-38(42)40-31-47-49(33-45(40)53)57(37-28-26-36(27-29-37)35-17-7-6-8-18-35)50-34-46-41(39-20-10-12-22-43(39)54(46,3)4)32-48(50)56(47)44-23-13-14-24-51(44)58-52-25-15-16-30-55(52,56)5/h6-34,52H,1-5H3. The molecule has 1 spiro atoms. The van der Waals surface area contributed by atoms with Gasteiger partial charge in [0.15, 0.2) is 0 Å². The zero-order chi connectivity index (χ0) is 39.2. The maximum Gasteiger partial charge on any atom is 0.0605 e. The van der Waals surface area contributed by atoms with Gasteiger partial charge in [0, 0.05) is 32.1 Å². The van der Waals surface area contributed by atoms with Crippen LogP contribution in [0, 0.1) is 5.41 Å². The van der Waals surface area contributed by atoms with E-state index in [1.54, 1.807) is 0 Å². The molecule has 2 unspecified atom stereocenters. The summed E-state index contributed by atoms with van der Waals surface area (Å²) in [6, 6.07) is 58.2. The second kappa shape index (κ2) is 11.6. The number of nitrogens with zero attached hydrogens (tertiary/aromatic N) is 1. The fraction of sp³-hybridized carbons (Fsp3) is 0.179. The van der Waals surface area contributed by atoms with Crippen molar-refractivity contribution >= 4 is 28.8 Å². The molecule has 5 aliphatic rings. The molecule has 2 aliphatic heterocycles. The lowest BCUT2D eigenvalue weighted by atomic mass is 9.50. The van der Waals surface area contributed by atoms with Gasteiger partial charge in [0.05, 0.1) is 16.8 Å². The van der Waals surface area contributed by atoms with E-state index in [9.17, 15) is 0 Å². The molecule has 0 amide bonds.